The molecule has 2 rings (SSSR count). The molecule has 2 aromatic rings. The van der Waals surface area contributed by atoms with Crippen LogP contribution in [0.2, 0.25) is 5.02 Å². The summed E-state index contributed by atoms with van der Waals surface area (Å²) in [7, 11) is 1.65. The van der Waals surface area contributed by atoms with Gasteiger partial charge in [-0.3, -0.25) is 0 Å². The lowest BCUT2D eigenvalue weighted by molar-refractivity contribution is 0.197. The van der Waals surface area contributed by atoms with Gasteiger partial charge in [-0.15, -0.1) is 11.3 Å². The molecule has 0 radical (unpaired) electrons. The van der Waals surface area contributed by atoms with Gasteiger partial charge in [-0.2, -0.15) is 0 Å². The van der Waals surface area contributed by atoms with Gasteiger partial charge in [-0.1, -0.05) is 17.7 Å². The molecule has 0 saturated heterocycles. The van der Waals surface area contributed by atoms with Crippen LogP contribution in [-0.4, -0.2) is 25.2 Å². The summed E-state index contributed by atoms with van der Waals surface area (Å²) < 4.78 is 18.3. The lowest BCUT2D eigenvalue weighted by Crippen LogP contribution is -2.26. The fourth-order valence-corrected chi connectivity index (χ4v) is 3.29. The van der Waals surface area contributed by atoms with Crippen molar-refractivity contribution in [2.24, 2.45) is 0 Å². The fraction of sp³-hybridized carbons (Fsp3) is 0.400. The Morgan fingerprint density at radius 2 is 2.19 bits per heavy atom. The average Bonchev–Trinajstić information content (AvgIpc) is 2.76. The fourth-order valence-electron chi connectivity index (χ4n) is 1.99. The molecule has 6 heteroatoms. The highest BCUT2D eigenvalue weighted by molar-refractivity contribution is 7.11. The van der Waals surface area contributed by atoms with Gasteiger partial charge in [-0.05, 0) is 31.5 Å². The number of hydrogen-bond acceptors (Lipinski definition) is 4. The molecule has 0 saturated carbocycles. The molecule has 1 N–H and O–H groups in total. The van der Waals surface area contributed by atoms with Gasteiger partial charge in [0.1, 0.15) is 10.8 Å². The quantitative estimate of drug-likeness (QED) is 0.817. The van der Waals surface area contributed by atoms with E-state index in [1.54, 1.807) is 24.5 Å². The van der Waals surface area contributed by atoms with Gasteiger partial charge in [0, 0.05) is 23.6 Å². The number of hydrogen-bond donors (Lipinski definition) is 1. The van der Waals surface area contributed by atoms with Crippen molar-refractivity contribution in [3.63, 3.8) is 0 Å². The summed E-state index contributed by atoms with van der Waals surface area (Å²) in [5.74, 6) is -0.342. The summed E-state index contributed by atoms with van der Waals surface area (Å²) in [6, 6.07) is 4.29. The van der Waals surface area contributed by atoms with Crippen LogP contribution in [0.15, 0.2) is 18.2 Å². The van der Waals surface area contributed by atoms with Crippen molar-refractivity contribution in [3.8, 4) is 0 Å². The van der Waals surface area contributed by atoms with Crippen molar-refractivity contribution >= 4 is 22.9 Å². The van der Waals surface area contributed by atoms with Crippen molar-refractivity contribution in [1.29, 1.82) is 0 Å². The average molecular weight is 329 g/mol. The van der Waals surface area contributed by atoms with Gasteiger partial charge < -0.3 is 10.1 Å². The summed E-state index contributed by atoms with van der Waals surface area (Å²) in [5.41, 5.74) is 1.83. The zero-order valence-electron chi connectivity index (χ0n) is 12.2. The van der Waals surface area contributed by atoms with Crippen LogP contribution in [0.5, 0.6) is 0 Å². The van der Waals surface area contributed by atoms with E-state index in [2.05, 4.69) is 10.3 Å². The van der Waals surface area contributed by atoms with Crippen LogP contribution >= 0.6 is 22.9 Å². The van der Waals surface area contributed by atoms with Gasteiger partial charge in [0.2, 0.25) is 0 Å². The molecule has 1 unspecified atom stereocenters. The number of aromatic nitrogens is 1. The number of aryl methyl sites for hydroxylation is 2. The number of halogens is 2. The standard InChI is InChI=1S/C15H18ClFN2OS/c1-9-10(2)21-15(19-9)14(18-6-7-20-3)12-5-4-11(17)8-13(12)16/h4-5,8,14,18H,6-7H2,1-3H3. The van der Waals surface area contributed by atoms with Crippen LogP contribution in [0.3, 0.4) is 0 Å². The van der Waals surface area contributed by atoms with E-state index in [1.807, 2.05) is 13.8 Å². The van der Waals surface area contributed by atoms with E-state index in [-0.39, 0.29) is 11.9 Å². The van der Waals surface area contributed by atoms with E-state index in [0.717, 1.165) is 16.3 Å². The minimum atomic E-state index is -0.342. The summed E-state index contributed by atoms with van der Waals surface area (Å²) in [6.45, 7) is 5.26. The van der Waals surface area contributed by atoms with E-state index in [4.69, 9.17) is 16.3 Å². The highest BCUT2D eigenvalue weighted by Crippen LogP contribution is 2.32. The van der Waals surface area contributed by atoms with Gasteiger partial charge in [-0.25, -0.2) is 9.37 Å². The third-order valence-corrected chi connectivity index (χ3v) is 4.69. The van der Waals surface area contributed by atoms with Crippen LogP contribution in [0.4, 0.5) is 4.39 Å². The van der Waals surface area contributed by atoms with Gasteiger partial charge in [0.05, 0.1) is 18.3 Å². The molecule has 1 atom stereocenters. The Hall–Kier alpha value is -1.01. The summed E-state index contributed by atoms with van der Waals surface area (Å²) >= 11 is 7.82. The van der Waals surface area contributed by atoms with Crippen molar-refractivity contribution in [2.75, 3.05) is 20.3 Å². The number of ether oxygens (including phenoxy) is 1. The van der Waals surface area contributed by atoms with Gasteiger partial charge in [0.25, 0.3) is 0 Å². The van der Waals surface area contributed by atoms with E-state index < -0.39 is 0 Å². The van der Waals surface area contributed by atoms with E-state index >= 15 is 0 Å². The molecule has 0 spiro atoms. The van der Waals surface area contributed by atoms with Crippen molar-refractivity contribution in [2.45, 2.75) is 19.9 Å². The molecule has 1 heterocycles. The van der Waals surface area contributed by atoms with Crippen molar-refractivity contribution in [1.82, 2.24) is 10.3 Å². The molecule has 0 amide bonds. The maximum Gasteiger partial charge on any atom is 0.124 e. The van der Waals surface area contributed by atoms with Crippen molar-refractivity contribution in [3.05, 3.63) is 50.2 Å². The predicted molar refractivity (Wildman–Crippen MR) is 84.7 cm³/mol. The molecule has 1 aromatic heterocycles. The van der Waals surface area contributed by atoms with Crippen LogP contribution in [0.25, 0.3) is 0 Å². The number of benzene rings is 1. The molecular formula is C15H18ClFN2OS. The van der Waals surface area contributed by atoms with Gasteiger partial charge >= 0.3 is 0 Å². The zero-order valence-corrected chi connectivity index (χ0v) is 13.8. The topological polar surface area (TPSA) is 34.1 Å². The lowest BCUT2D eigenvalue weighted by atomic mass is 10.1. The Morgan fingerprint density at radius 1 is 1.43 bits per heavy atom. The largest absolute Gasteiger partial charge is 0.383 e. The number of rotatable bonds is 6. The number of nitrogens with zero attached hydrogens (tertiary/aromatic N) is 1. The predicted octanol–water partition coefficient (Wildman–Crippen LogP) is 3.88. The molecular weight excluding hydrogens is 311 g/mol. The zero-order chi connectivity index (χ0) is 15.4. The smallest absolute Gasteiger partial charge is 0.124 e. The third-order valence-electron chi connectivity index (χ3n) is 3.22. The van der Waals surface area contributed by atoms with Crippen LogP contribution < -0.4 is 5.32 Å². The molecule has 0 bridgehead atoms. The normalized spacial score (nSPS) is 12.6. The Kier molecular flexibility index (Phi) is 5.70. The highest BCUT2D eigenvalue weighted by atomic mass is 35.5. The molecule has 3 nitrogen and oxygen atoms in total. The first-order valence-corrected chi connectivity index (χ1v) is 7.83. The first kappa shape index (κ1) is 16.4. The second-order valence-corrected chi connectivity index (χ2v) is 6.38. The first-order valence-electron chi connectivity index (χ1n) is 6.64. The molecule has 1 aromatic carbocycles. The Morgan fingerprint density at radius 3 is 2.76 bits per heavy atom. The monoisotopic (exact) mass is 328 g/mol. The van der Waals surface area contributed by atoms with Crippen LogP contribution in [0, 0.1) is 19.7 Å². The Labute approximate surface area is 133 Å². The molecule has 0 aliphatic rings. The number of methoxy groups -OCH3 is 1. The van der Waals surface area contributed by atoms with Crippen LogP contribution in [0.1, 0.15) is 27.2 Å². The number of nitrogens with one attached hydrogen (secondary N) is 1. The minimum Gasteiger partial charge on any atom is -0.383 e. The second kappa shape index (κ2) is 7.31. The van der Waals surface area contributed by atoms with Gasteiger partial charge in [0.15, 0.2) is 0 Å². The number of thiazole rings is 1. The molecule has 0 aliphatic heterocycles. The Balaban J connectivity index is 2.35. The third kappa shape index (κ3) is 4.01. The first-order chi connectivity index (χ1) is 10.0. The lowest BCUT2D eigenvalue weighted by Gasteiger charge is -2.18. The molecule has 21 heavy (non-hydrogen) atoms. The molecule has 0 fully saturated rings. The maximum absolute atomic E-state index is 13.3. The minimum absolute atomic E-state index is 0.161. The summed E-state index contributed by atoms with van der Waals surface area (Å²) in [6.07, 6.45) is 0. The van der Waals surface area contributed by atoms with E-state index in [0.29, 0.717) is 18.2 Å². The Bertz CT molecular complexity index is 598. The summed E-state index contributed by atoms with van der Waals surface area (Å²) in [4.78, 5) is 5.76. The molecule has 0 aliphatic carbocycles. The maximum atomic E-state index is 13.3. The highest BCUT2D eigenvalue weighted by Gasteiger charge is 2.21. The van der Waals surface area contributed by atoms with E-state index in [1.165, 1.54) is 17.0 Å². The second-order valence-electron chi connectivity index (χ2n) is 4.74. The SMILES string of the molecule is COCCNC(c1nc(C)c(C)s1)c1ccc(F)cc1Cl. The van der Waals surface area contributed by atoms with Crippen LogP contribution in [-0.2, 0) is 4.74 Å². The molecule has 114 valence electrons. The van der Waals surface area contributed by atoms with E-state index in [9.17, 15) is 4.39 Å². The van der Waals surface area contributed by atoms with Crippen molar-refractivity contribution < 1.29 is 9.13 Å². The summed E-state index contributed by atoms with van der Waals surface area (Å²) in [5, 5.41) is 4.69.